The molecule has 1 N–H and O–H groups in total. The van der Waals surface area contributed by atoms with E-state index in [1.54, 1.807) is 25.3 Å². The number of rotatable bonds is 2. The summed E-state index contributed by atoms with van der Waals surface area (Å²) in [4.78, 5) is 22.9. The number of fused-ring (bicyclic) bond motifs is 4. The van der Waals surface area contributed by atoms with E-state index in [4.69, 9.17) is 4.74 Å². The van der Waals surface area contributed by atoms with Crippen molar-refractivity contribution in [2.75, 3.05) is 12.4 Å². The minimum absolute atomic E-state index is 0.0398. The van der Waals surface area contributed by atoms with Crippen LogP contribution in [0.5, 0.6) is 5.75 Å². The highest BCUT2D eigenvalue weighted by molar-refractivity contribution is 6.12. The number of nitrogens with zero attached hydrogens (tertiary/aromatic N) is 1. The predicted octanol–water partition coefficient (Wildman–Crippen LogP) is 3.41. The maximum atomic E-state index is 12.3. The van der Waals surface area contributed by atoms with Crippen LogP contribution >= 0.6 is 0 Å². The molecule has 0 atom stereocenters. The van der Waals surface area contributed by atoms with Crippen molar-refractivity contribution in [2.45, 2.75) is 12.8 Å². The highest BCUT2D eigenvalue weighted by Gasteiger charge is 2.30. The fraction of sp³-hybridized carbons (Fsp3) is 0.167. The molecule has 0 aromatic heterocycles. The molecule has 2 aromatic rings. The van der Waals surface area contributed by atoms with Crippen LogP contribution in [0.2, 0.25) is 0 Å². The molecule has 0 saturated heterocycles. The molecule has 2 aromatic carbocycles. The number of nitro benzene ring substituents is 1. The largest absolute Gasteiger partial charge is 0.497 e. The first-order valence-electron chi connectivity index (χ1n) is 7.55. The van der Waals surface area contributed by atoms with E-state index < -0.39 is 4.92 Å². The number of nitrogens with one attached hydrogen (secondary N) is 1. The Labute approximate surface area is 137 Å². The SMILES string of the molecule is COc1ccc2c(c1)C1=C(CC(=O)N2)c2cc([N+](=O)[O-])ccc2C1. The van der Waals surface area contributed by atoms with Crippen LogP contribution in [-0.2, 0) is 11.2 Å². The standard InChI is InChI=1S/C18H14N2O4/c1-24-12-4-5-17-16(8-12)14-6-10-2-3-11(20(22)23)7-13(10)15(14)9-18(21)19-17/h2-5,7-8H,6,9H2,1H3,(H,19,21). The van der Waals surface area contributed by atoms with Crippen molar-refractivity contribution in [3.8, 4) is 5.75 Å². The van der Waals surface area contributed by atoms with Gasteiger partial charge in [0, 0.05) is 23.4 Å². The Kier molecular flexibility index (Phi) is 3.13. The van der Waals surface area contributed by atoms with Gasteiger partial charge in [-0.2, -0.15) is 0 Å². The number of allylic oxidation sites excluding steroid dienone is 1. The zero-order chi connectivity index (χ0) is 16.8. The molecule has 0 spiro atoms. The smallest absolute Gasteiger partial charge is 0.270 e. The fourth-order valence-electron chi connectivity index (χ4n) is 3.40. The molecule has 6 heteroatoms. The molecule has 0 bridgehead atoms. The van der Waals surface area contributed by atoms with Crippen LogP contribution < -0.4 is 10.1 Å². The Morgan fingerprint density at radius 1 is 1.08 bits per heavy atom. The average Bonchev–Trinajstić information content (AvgIpc) is 2.85. The Bertz CT molecular complexity index is 931. The van der Waals surface area contributed by atoms with Crippen LogP contribution in [0.1, 0.15) is 23.1 Å². The molecule has 6 nitrogen and oxygen atoms in total. The van der Waals surface area contributed by atoms with Crippen molar-refractivity contribution in [3.05, 3.63) is 63.2 Å². The second kappa shape index (κ2) is 5.19. The third-order valence-electron chi connectivity index (χ3n) is 4.52. The zero-order valence-electron chi connectivity index (χ0n) is 13.0. The van der Waals surface area contributed by atoms with Gasteiger partial charge in [-0.05, 0) is 46.9 Å². The number of methoxy groups -OCH3 is 1. The molecule has 1 aliphatic carbocycles. The Balaban J connectivity index is 1.92. The molecule has 1 heterocycles. The molecule has 1 aliphatic heterocycles. The summed E-state index contributed by atoms with van der Waals surface area (Å²) in [6, 6.07) is 10.4. The summed E-state index contributed by atoms with van der Waals surface area (Å²) < 4.78 is 5.30. The number of carbonyl (C=O) groups is 1. The number of hydrogen-bond donors (Lipinski definition) is 1. The fourth-order valence-corrected chi connectivity index (χ4v) is 3.40. The molecule has 24 heavy (non-hydrogen) atoms. The topological polar surface area (TPSA) is 81.5 Å². The Morgan fingerprint density at radius 3 is 2.62 bits per heavy atom. The Hall–Kier alpha value is -3.15. The third-order valence-corrected chi connectivity index (χ3v) is 4.52. The van der Waals surface area contributed by atoms with Crippen molar-refractivity contribution in [2.24, 2.45) is 0 Å². The first-order valence-corrected chi connectivity index (χ1v) is 7.55. The summed E-state index contributed by atoms with van der Waals surface area (Å²) in [5, 5.41) is 14.0. The summed E-state index contributed by atoms with van der Waals surface area (Å²) in [6.07, 6.45) is 0.859. The minimum Gasteiger partial charge on any atom is -0.497 e. The van der Waals surface area contributed by atoms with E-state index in [2.05, 4.69) is 5.32 Å². The van der Waals surface area contributed by atoms with Gasteiger partial charge in [0.2, 0.25) is 5.91 Å². The van der Waals surface area contributed by atoms with E-state index in [0.717, 1.165) is 33.5 Å². The first kappa shape index (κ1) is 14.4. The van der Waals surface area contributed by atoms with Gasteiger partial charge in [-0.3, -0.25) is 14.9 Å². The van der Waals surface area contributed by atoms with Crippen LogP contribution in [0, 0.1) is 10.1 Å². The normalized spacial score (nSPS) is 15.1. The van der Waals surface area contributed by atoms with Gasteiger partial charge in [0.05, 0.1) is 18.5 Å². The lowest BCUT2D eigenvalue weighted by Gasteiger charge is -2.11. The van der Waals surface area contributed by atoms with E-state index in [0.29, 0.717) is 12.2 Å². The zero-order valence-corrected chi connectivity index (χ0v) is 13.0. The molecule has 0 saturated carbocycles. The lowest BCUT2D eigenvalue weighted by Crippen LogP contribution is -2.11. The highest BCUT2D eigenvalue weighted by atomic mass is 16.6. The summed E-state index contributed by atoms with van der Waals surface area (Å²) in [6.45, 7) is 0. The van der Waals surface area contributed by atoms with Gasteiger partial charge in [0.1, 0.15) is 5.75 Å². The van der Waals surface area contributed by atoms with Crippen LogP contribution in [0.4, 0.5) is 11.4 Å². The molecule has 120 valence electrons. The van der Waals surface area contributed by atoms with Gasteiger partial charge in [-0.1, -0.05) is 6.07 Å². The number of anilines is 1. The minimum atomic E-state index is -0.410. The summed E-state index contributed by atoms with van der Waals surface area (Å²) in [5.41, 5.74) is 5.38. The Morgan fingerprint density at radius 2 is 1.88 bits per heavy atom. The molecular formula is C18H14N2O4. The summed E-state index contributed by atoms with van der Waals surface area (Å²) in [5.74, 6) is 0.587. The lowest BCUT2D eigenvalue weighted by atomic mass is 9.98. The molecule has 0 fully saturated rings. The predicted molar refractivity (Wildman–Crippen MR) is 89.9 cm³/mol. The third kappa shape index (κ3) is 2.15. The number of nitro groups is 1. The van der Waals surface area contributed by atoms with Crippen molar-refractivity contribution in [1.82, 2.24) is 0 Å². The van der Waals surface area contributed by atoms with E-state index in [1.807, 2.05) is 12.1 Å². The maximum absolute atomic E-state index is 12.3. The van der Waals surface area contributed by atoms with Gasteiger partial charge < -0.3 is 10.1 Å². The quantitative estimate of drug-likeness (QED) is 0.678. The lowest BCUT2D eigenvalue weighted by molar-refractivity contribution is -0.384. The second-order valence-electron chi connectivity index (χ2n) is 5.87. The van der Waals surface area contributed by atoms with Gasteiger partial charge in [0.25, 0.3) is 5.69 Å². The van der Waals surface area contributed by atoms with Gasteiger partial charge >= 0.3 is 0 Å². The van der Waals surface area contributed by atoms with Crippen molar-refractivity contribution in [1.29, 1.82) is 0 Å². The number of benzene rings is 2. The van der Waals surface area contributed by atoms with Crippen molar-refractivity contribution in [3.63, 3.8) is 0 Å². The average molecular weight is 322 g/mol. The first-order chi connectivity index (χ1) is 11.6. The number of non-ortho nitro benzene ring substituents is 1. The van der Waals surface area contributed by atoms with Crippen LogP contribution in [0.25, 0.3) is 11.1 Å². The molecule has 0 unspecified atom stereocenters. The van der Waals surface area contributed by atoms with Gasteiger partial charge in [0.15, 0.2) is 0 Å². The van der Waals surface area contributed by atoms with E-state index in [9.17, 15) is 14.9 Å². The van der Waals surface area contributed by atoms with E-state index >= 15 is 0 Å². The van der Waals surface area contributed by atoms with Crippen molar-refractivity contribution >= 4 is 28.4 Å². The molecule has 0 radical (unpaired) electrons. The van der Waals surface area contributed by atoms with Crippen LogP contribution in [-0.4, -0.2) is 17.9 Å². The van der Waals surface area contributed by atoms with Crippen LogP contribution in [0.3, 0.4) is 0 Å². The summed E-state index contributed by atoms with van der Waals surface area (Å²) in [7, 11) is 1.60. The number of hydrogen-bond acceptors (Lipinski definition) is 4. The number of carbonyl (C=O) groups excluding carboxylic acids is 1. The van der Waals surface area contributed by atoms with Gasteiger partial charge in [-0.15, -0.1) is 0 Å². The van der Waals surface area contributed by atoms with E-state index in [-0.39, 0.29) is 18.0 Å². The second-order valence-corrected chi connectivity index (χ2v) is 5.87. The maximum Gasteiger partial charge on any atom is 0.270 e. The van der Waals surface area contributed by atoms with Gasteiger partial charge in [-0.25, -0.2) is 0 Å². The highest BCUT2D eigenvalue weighted by Crippen LogP contribution is 2.45. The van der Waals surface area contributed by atoms with E-state index in [1.165, 1.54) is 6.07 Å². The van der Waals surface area contributed by atoms with Crippen molar-refractivity contribution < 1.29 is 14.5 Å². The molecular weight excluding hydrogens is 308 g/mol. The summed E-state index contributed by atoms with van der Waals surface area (Å²) >= 11 is 0. The van der Waals surface area contributed by atoms with Crippen LogP contribution in [0.15, 0.2) is 36.4 Å². The molecule has 4 rings (SSSR count). The molecule has 1 amide bonds. The molecule has 2 aliphatic rings. The number of amides is 1. The monoisotopic (exact) mass is 322 g/mol. The number of ether oxygens (including phenoxy) is 1.